The molecule has 1 saturated carbocycles. The van der Waals surface area contributed by atoms with Gasteiger partial charge in [0, 0.05) is 21.9 Å². The van der Waals surface area contributed by atoms with Gasteiger partial charge in [-0.2, -0.15) is 0 Å². The lowest BCUT2D eigenvalue weighted by Gasteiger charge is -2.35. The lowest BCUT2D eigenvalue weighted by Crippen LogP contribution is -2.43. The molecular formula is C14H22BrNOS. The molecule has 2 rings (SSSR count). The molecule has 1 atom stereocenters. The molecular weight excluding hydrogens is 310 g/mol. The van der Waals surface area contributed by atoms with Gasteiger partial charge in [0.1, 0.15) is 0 Å². The quantitative estimate of drug-likeness (QED) is 0.870. The Labute approximate surface area is 122 Å². The summed E-state index contributed by atoms with van der Waals surface area (Å²) in [5.74, 6) is 0.772. The second-order valence-electron chi connectivity index (χ2n) is 5.64. The van der Waals surface area contributed by atoms with Crippen molar-refractivity contribution in [2.24, 2.45) is 5.92 Å². The average molecular weight is 332 g/mol. The lowest BCUT2D eigenvalue weighted by atomic mass is 9.79. The van der Waals surface area contributed by atoms with Crippen molar-refractivity contribution in [2.75, 3.05) is 6.54 Å². The number of hydrogen-bond donors (Lipinski definition) is 2. The highest BCUT2D eigenvalue weighted by molar-refractivity contribution is 9.10. The molecule has 0 amide bonds. The molecule has 0 saturated heterocycles. The van der Waals surface area contributed by atoms with Gasteiger partial charge in [0.2, 0.25) is 0 Å². The summed E-state index contributed by atoms with van der Waals surface area (Å²) in [5.41, 5.74) is -0.496. The Morgan fingerprint density at radius 3 is 2.78 bits per heavy atom. The molecule has 1 unspecified atom stereocenters. The molecule has 0 aromatic carbocycles. The summed E-state index contributed by atoms with van der Waals surface area (Å²) in [6.45, 7) is 5.13. The van der Waals surface area contributed by atoms with Crippen LogP contribution in [0.3, 0.4) is 0 Å². The zero-order valence-electron chi connectivity index (χ0n) is 11.1. The van der Waals surface area contributed by atoms with E-state index in [2.05, 4.69) is 46.5 Å². The number of thiophene rings is 1. The molecule has 1 aromatic rings. The zero-order chi connectivity index (χ0) is 13.2. The Bertz CT molecular complexity index is 385. The zero-order valence-corrected chi connectivity index (χ0v) is 13.5. The van der Waals surface area contributed by atoms with Crippen LogP contribution >= 0.6 is 27.3 Å². The second-order valence-corrected chi connectivity index (χ2v) is 7.44. The fraction of sp³-hybridized carbons (Fsp3) is 0.714. The lowest BCUT2D eigenvalue weighted by molar-refractivity contribution is -0.00778. The van der Waals surface area contributed by atoms with Crippen LogP contribution in [0.15, 0.2) is 15.9 Å². The van der Waals surface area contributed by atoms with Crippen LogP contribution in [0.5, 0.6) is 0 Å². The Balaban J connectivity index is 1.86. The Morgan fingerprint density at radius 2 is 2.22 bits per heavy atom. The van der Waals surface area contributed by atoms with Gasteiger partial charge in [-0.05, 0) is 65.9 Å². The van der Waals surface area contributed by atoms with Gasteiger partial charge in [0.05, 0.1) is 5.60 Å². The molecule has 1 aliphatic carbocycles. The maximum Gasteiger partial charge on any atom is 0.0772 e. The highest BCUT2D eigenvalue weighted by atomic mass is 79.9. The molecule has 1 aliphatic rings. The second kappa shape index (κ2) is 6.04. The van der Waals surface area contributed by atoms with E-state index < -0.39 is 5.60 Å². The molecule has 1 aromatic heterocycles. The van der Waals surface area contributed by atoms with Crippen molar-refractivity contribution in [3.05, 3.63) is 20.8 Å². The van der Waals surface area contributed by atoms with Crippen molar-refractivity contribution in [2.45, 2.75) is 51.2 Å². The van der Waals surface area contributed by atoms with Gasteiger partial charge in [-0.1, -0.05) is 6.92 Å². The van der Waals surface area contributed by atoms with Crippen molar-refractivity contribution < 1.29 is 5.11 Å². The molecule has 1 heterocycles. The number of nitrogens with one attached hydrogen (secondary N) is 1. The SMILES string of the molecule is CC1CCC(O)(CNC(C)c2sccc2Br)CC1. The van der Waals surface area contributed by atoms with Crippen LogP contribution in [0.4, 0.5) is 0 Å². The van der Waals surface area contributed by atoms with Gasteiger partial charge in [-0.15, -0.1) is 11.3 Å². The normalized spacial score (nSPS) is 30.3. The van der Waals surface area contributed by atoms with E-state index >= 15 is 0 Å². The molecule has 0 aliphatic heterocycles. The van der Waals surface area contributed by atoms with E-state index in [9.17, 15) is 5.11 Å². The van der Waals surface area contributed by atoms with Gasteiger partial charge in [-0.25, -0.2) is 0 Å². The molecule has 0 spiro atoms. The van der Waals surface area contributed by atoms with Crippen LogP contribution in [0.1, 0.15) is 50.4 Å². The highest BCUT2D eigenvalue weighted by Crippen LogP contribution is 2.33. The minimum atomic E-state index is -0.496. The third kappa shape index (κ3) is 3.56. The Kier molecular flexibility index (Phi) is 4.86. The molecule has 2 N–H and O–H groups in total. The summed E-state index contributed by atoms with van der Waals surface area (Å²) in [6.07, 6.45) is 4.16. The van der Waals surface area contributed by atoms with Crippen molar-refractivity contribution in [1.82, 2.24) is 5.32 Å². The van der Waals surface area contributed by atoms with Gasteiger partial charge < -0.3 is 10.4 Å². The number of rotatable bonds is 4. The minimum absolute atomic E-state index is 0.294. The Hall–Kier alpha value is 0.100. The molecule has 2 nitrogen and oxygen atoms in total. The van der Waals surface area contributed by atoms with E-state index in [4.69, 9.17) is 0 Å². The van der Waals surface area contributed by atoms with E-state index in [1.54, 1.807) is 11.3 Å². The molecule has 0 bridgehead atoms. The largest absolute Gasteiger partial charge is 0.389 e. The standard InChI is InChI=1S/C14H22BrNOS/c1-10-3-6-14(17,7-4-10)9-16-11(2)13-12(15)5-8-18-13/h5,8,10-11,16-17H,3-4,6-7,9H2,1-2H3. The van der Waals surface area contributed by atoms with Gasteiger partial charge >= 0.3 is 0 Å². The molecule has 102 valence electrons. The summed E-state index contributed by atoms with van der Waals surface area (Å²) in [6, 6.07) is 2.37. The maximum absolute atomic E-state index is 10.5. The minimum Gasteiger partial charge on any atom is -0.389 e. The van der Waals surface area contributed by atoms with Gasteiger partial charge in [-0.3, -0.25) is 0 Å². The third-order valence-electron chi connectivity index (χ3n) is 3.98. The number of aliphatic hydroxyl groups is 1. The van der Waals surface area contributed by atoms with E-state index in [1.807, 2.05) is 0 Å². The van der Waals surface area contributed by atoms with Crippen molar-refractivity contribution >= 4 is 27.3 Å². The first-order valence-electron chi connectivity index (χ1n) is 6.69. The third-order valence-corrected chi connectivity index (χ3v) is 6.03. The fourth-order valence-electron chi connectivity index (χ4n) is 2.53. The summed E-state index contributed by atoms with van der Waals surface area (Å²) in [7, 11) is 0. The van der Waals surface area contributed by atoms with Gasteiger partial charge in [0.25, 0.3) is 0 Å². The smallest absolute Gasteiger partial charge is 0.0772 e. The van der Waals surface area contributed by atoms with Crippen molar-refractivity contribution in [3.8, 4) is 0 Å². The monoisotopic (exact) mass is 331 g/mol. The van der Waals surface area contributed by atoms with Crippen LogP contribution in [0, 0.1) is 5.92 Å². The summed E-state index contributed by atoms with van der Waals surface area (Å²) < 4.78 is 1.16. The predicted octanol–water partition coefficient (Wildman–Crippen LogP) is 4.10. The van der Waals surface area contributed by atoms with Crippen LogP contribution in [-0.4, -0.2) is 17.3 Å². The number of hydrogen-bond acceptors (Lipinski definition) is 3. The van der Waals surface area contributed by atoms with E-state index in [-0.39, 0.29) is 0 Å². The van der Waals surface area contributed by atoms with Crippen LogP contribution in [-0.2, 0) is 0 Å². The first-order chi connectivity index (χ1) is 8.50. The van der Waals surface area contributed by atoms with E-state index in [0.717, 1.165) is 36.1 Å². The molecule has 4 heteroatoms. The summed E-state index contributed by atoms with van der Waals surface area (Å²) in [5, 5.41) is 16.1. The van der Waals surface area contributed by atoms with Crippen LogP contribution in [0.25, 0.3) is 0 Å². The predicted molar refractivity (Wildman–Crippen MR) is 81.0 cm³/mol. The summed E-state index contributed by atoms with van der Waals surface area (Å²) >= 11 is 5.31. The Morgan fingerprint density at radius 1 is 1.56 bits per heavy atom. The van der Waals surface area contributed by atoms with Crippen LogP contribution in [0.2, 0.25) is 0 Å². The fourth-order valence-corrected chi connectivity index (χ4v) is 4.28. The topological polar surface area (TPSA) is 32.3 Å². The number of halogens is 1. The van der Waals surface area contributed by atoms with Gasteiger partial charge in [0.15, 0.2) is 0 Å². The molecule has 0 radical (unpaired) electrons. The summed E-state index contributed by atoms with van der Waals surface area (Å²) in [4.78, 5) is 1.31. The highest BCUT2D eigenvalue weighted by Gasteiger charge is 2.31. The van der Waals surface area contributed by atoms with E-state index in [0.29, 0.717) is 12.6 Å². The molecule has 1 fully saturated rings. The first-order valence-corrected chi connectivity index (χ1v) is 8.36. The maximum atomic E-state index is 10.5. The van der Waals surface area contributed by atoms with E-state index in [1.165, 1.54) is 4.88 Å². The van der Waals surface area contributed by atoms with Crippen LogP contribution < -0.4 is 5.32 Å². The first kappa shape index (κ1) is 14.5. The molecule has 18 heavy (non-hydrogen) atoms. The van der Waals surface area contributed by atoms with Crippen molar-refractivity contribution in [1.29, 1.82) is 0 Å². The van der Waals surface area contributed by atoms with Crippen molar-refractivity contribution in [3.63, 3.8) is 0 Å². The average Bonchev–Trinajstić information content (AvgIpc) is 2.77.